The van der Waals surface area contributed by atoms with Crippen LogP contribution in [0.1, 0.15) is 12.0 Å². The first-order valence-corrected chi connectivity index (χ1v) is 7.93. The Bertz CT molecular complexity index is 412. The van der Waals surface area contributed by atoms with Crippen molar-refractivity contribution in [2.75, 3.05) is 25.2 Å². The molecule has 0 saturated carbocycles. The molecule has 1 unspecified atom stereocenters. The van der Waals surface area contributed by atoms with Gasteiger partial charge >= 0.3 is 6.03 Å². The minimum absolute atomic E-state index is 0.0378. The Morgan fingerprint density at radius 1 is 1.50 bits per heavy atom. The highest BCUT2D eigenvalue weighted by atomic mass is 32.2. The van der Waals surface area contributed by atoms with Gasteiger partial charge in [-0.15, -0.1) is 0 Å². The Balaban J connectivity index is 2.28. The van der Waals surface area contributed by atoms with E-state index in [0.717, 1.165) is 11.3 Å². The van der Waals surface area contributed by atoms with Crippen LogP contribution < -0.4 is 10.6 Å². The zero-order chi connectivity index (χ0) is 14.8. The van der Waals surface area contributed by atoms with Crippen LogP contribution in [0.2, 0.25) is 0 Å². The number of nitrogens with one attached hydrogen (secondary N) is 2. The predicted molar refractivity (Wildman–Crippen MR) is 80.5 cm³/mol. The number of thioether (sulfide) groups is 1. The molecule has 112 valence electrons. The number of amides is 2. The molecule has 0 aliphatic heterocycles. The van der Waals surface area contributed by atoms with E-state index < -0.39 is 0 Å². The van der Waals surface area contributed by atoms with Gasteiger partial charge in [0, 0.05) is 24.9 Å². The number of aliphatic hydroxyl groups is 1. The van der Waals surface area contributed by atoms with Crippen LogP contribution in [0.25, 0.3) is 0 Å². The minimum Gasteiger partial charge on any atom is -0.396 e. The second kappa shape index (κ2) is 9.61. The minimum atomic E-state index is -0.269. The summed E-state index contributed by atoms with van der Waals surface area (Å²) in [4.78, 5) is 11.7. The van der Waals surface area contributed by atoms with Crippen molar-refractivity contribution in [3.05, 3.63) is 35.6 Å². The fourth-order valence-electron chi connectivity index (χ4n) is 1.80. The van der Waals surface area contributed by atoms with Crippen molar-refractivity contribution in [2.24, 2.45) is 0 Å². The Labute approximate surface area is 123 Å². The lowest BCUT2D eigenvalue weighted by atomic mass is 10.1. The molecular weight excluding hydrogens is 279 g/mol. The Hall–Kier alpha value is -1.27. The Kier molecular flexibility index (Phi) is 8.06. The lowest BCUT2D eigenvalue weighted by Crippen LogP contribution is -2.44. The number of carbonyl (C=O) groups is 1. The average molecular weight is 300 g/mol. The smallest absolute Gasteiger partial charge is 0.315 e. The monoisotopic (exact) mass is 300 g/mol. The van der Waals surface area contributed by atoms with Crippen LogP contribution in [0.15, 0.2) is 24.3 Å². The Morgan fingerprint density at radius 3 is 2.95 bits per heavy atom. The van der Waals surface area contributed by atoms with Gasteiger partial charge in [-0.3, -0.25) is 0 Å². The van der Waals surface area contributed by atoms with Crippen LogP contribution in [0.4, 0.5) is 9.18 Å². The summed E-state index contributed by atoms with van der Waals surface area (Å²) in [5.41, 5.74) is 0.848. The number of benzene rings is 1. The molecule has 1 aromatic rings. The van der Waals surface area contributed by atoms with E-state index in [9.17, 15) is 9.18 Å². The summed E-state index contributed by atoms with van der Waals surface area (Å²) in [6, 6.07) is 6.04. The second-order valence-corrected chi connectivity index (χ2v) is 5.36. The zero-order valence-electron chi connectivity index (χ0n) is 11.6. The summed E-state index contributed by atoms with van der Waals surface area (Å²) in [6.07, 6.45) is 3.07. The summed E-state index contributed by atoms with van der Waals surface area (Å²) in [5, 5.41) is 14.5. The molecule has 1 aromatic carbocycles. The lowest BCUT2D eigenvalue weighted by molar-refractivity contribution is 0.231. The van der Waals surface area contributed by atoms with Crippen molar-refractivity contribution < 1.29 is 14.3 Å². The first-order valence-electron chi connectivity index (χ1n) is 6.54. The van der Waals surface area contributed by atoms with E-state index in [1.807, 2.05) is 12.3 Å². The van der Waals surface area contributed by atoms with Crippen LogP contribution in [-0.2, 0) is 6.42 Å². The molecule has 0 bridgehead atoms. The lowest BCUT2D eigenvalue weighted by Gasteiger charge is -2.17. The number of carbonyl (C=O) groups excluding carboxylic acids is 1. The van der Waals surface area contributed by atoms with Gasteiger partial charge < -0.3 is 15.7 Å². The number of urea groups is 1. The normalized spacial score (nSPS) is 11.9. The maximum Gasteiger partial charge on any atom is 0.315 e. The SMILES string of the molecule is CSCC(CCO)NC(=O)NCCc1cccc(F)c1. The van der Waals surface area contributed by atoms with Crippen LogP contribution in [-0.4, -0.2) is 42.3 Å². The van der Waals surface area contributed by atoms with E-state index in [-0.39, 0.29) is 24.5 Å². The molecule has 1 rings (SSSR count). The zero-order valence-corrected chi connectivity index (χ0v) is 12.4. The molecule has 0 heterocycles. The highest BCUT2D eigenvalue weighted by molar-refractivity contribution is 7.98. The summed E-state index contributed by atoms with van der Waals surface area (Å²) in [5.74, 6) is 0.493. The van der Waals surface area contributed by atoms with Gasteiger partial charge in [0.25, 0.3) is 0 Å². The summed E-state index contributed by atoms with van der Waals surface area (Å²) in [7, 11) is 0. The van der Waals surface area contributed by atoms with E-state index in [2.05, 4.69) is 10.6 Å². The van der Waals surface area contributed by atoms with E-state index in [1.54, 1.807) is 17.8 Å². The molecule has 0 fully saturated rings. The largest absolute Gasteiger partial charge is 0.396 e. The van der Waals surface area contributed by atoms with Crippen molar-refractivity contribution in [1.82, 2.24) is 10.6 Å². The van der Waals surface area contributed by atoms with Crippen molar-refractivity contribution in [1.29, 1.82) is 0 Å². The topological polar surface area (TPSA) is 61.4 Å². The predicted octanol–water partition coefficient (Wildman–Crippen LogP) is 1.78. The number of hydrogen-bond donors (Lipinski definition) is 3. The van der Waals surface area contributed by atoms with E-state index in [1.165, 1.54) is 12.1 Å². The van der Waals surface area contributed by atoms with E-state index >= 15 is 0 Å². The number of rotatable bonds is 8. The molecule has 0 aliphatic rings. The van der Waals surface area contributed by atoms with Gasteiger partial charge in [-0.1, -0.05) is 12.1 Å². The maximum absolute atomic E-state index is 13.0. The molecule has 4 nitrogen and oxygen atoms in total. The molecule has 0 radical (unpaired) electrons. The summed E-state index contributed by atoms with van der Waals surface area (Å²) in [6.45, 7) is 0.495. The molecule has 20 heavy (non-hydrogen) atoms. The highest BCUT2D eigenvalue weighted by Crippen LogP contribution is 2.04. The molecule has 0 saturated heterocycles. The van der Waals surface area contributed by atoms with Crippen LogP contribution in [0, 0.1) is 5.82 Å². The highest BCUT2D eigenvalue weighted by Gasteiger charge is 2.10. The third-order valence-electron chi connectivity index (χ3n) is 2.77. The molecule has 3 N–H and O–H groups in total. The molecule has 0 aliphatic carbocycles. The van der Waals surface area contributed by atoms with Crippen molar-refractivity contribution in [3.63, 3.8) is 0 Å². The van der Waals surface area contributed by atoms with Gasteiger partial charge in [-0.2, -0.15) is 11.8 Å². The van der Waals surface area contributed by atoms with E-state index in [0.29, 0.717) is 19.4 Å². The van der Waals surface area contributed by atoms with Crippen molar-refractivity contribution in [3.8, 4) is 0 Å². The summed E-state index contributed by atoms with van der Waals surface area (Å²) < 4.78 is 13.0. The molecule has 0 spiro atoms. The molecule has 0 aromatic heterocycles. The number of halogens is 1. The molecule has 1 atom stereocenters. The average Bonchev–Trinajstić information content (AvgIpc) is 2.39. The quantitative estimate of drug-likeness (QED) is 0.686. The standard InChI is InChI=1S/C14H21FN2O2S/c1-20-10-13(6-8-18)17-14(19)16-7-5-11-3-2-4-12(15)9-11/h2-4,9,13,18H,5-8,10H2,1H3,(H2,16,17,19). The molecular formula is C14H21FN2O2S. The van der Waals surface area contributed by atoms with Gasteiger partial charge in [0.2, 0.25) is 0 Å². The van der Waals surface area contributed by atoms with Crippen LogP contribution in [0.3, 0.4) is 0 Å². The van der Waals surface area contributed by atoms with Gasteiger partial charge in [-0.05, 0) is 36.8 Å². The van der Waals surface area contributed by atoms with Crippen LogP contribution in [0.5, 0.6) is 0 Å². The number of aliphatic hydroxyl groups excluding tert-OH is 1. The Morgan fingerprint density at radius 2 is 2.30 bits per heavy atom. The van der Waals surface area contributed by atoms with E-state index in [4.69, 9.17) is 5.11 Å². The first-order chi connectivity index (χ1) is 9.65. The first kappa shape index (κ1) is 16.8. The van der Waals surface area contributed by atoms with Crippen molar-refractivity contribution >= 4 is 17.8 Å². The third kappa shape index (κ3) is 6.77. The second-order valence-electron chi connectivity index (χ2n) is 4.44. The molecule has 2 amide bonds. The third-order valence-corrected chi connectivity index (χ3v) is 3.50. The molecule has 6 heteroatoms. The van der Waals surface area contributed by atoms with Gasteiger partial charge in [0.15, 0.2) is 0 Å². The van der Waals surface area contributed by atoms with Gasteiger partial charge in [0.05, 0.1) is 0 Å². The van der Waals surface area contributed by atoms with Crippen molar-refractivity contribution in [2.45, 2.75) is 18.9 Å². The number of hydrogen-bond acceptors (Lipinski definition) is 3. The fraction of sp³-hybridized carbons (Fsp3) is 0.500. The van der Waals surface area contributed by atoms with Gasteiger partial charge in [-0.25, -0.2) is 9.18 Å². The maximum atomic E-state index is 13.0. The van der Waals surface area contributed by atoms with Crippen LogP contribution >= 0.6 is 11.8 Å². The van der Waals surface area contributed by atoms with Gasteiger partial charge in [0.1, 0.15) is 5.82 Å². The summed E-state index contributed by atoms with van der Waals surface area (Å²) >= 11 is 1.62. The fourth-order valence-corrected chi connectivity index (χ4v) is 2.46.